The van der Waals surface area contributed by atoms with Gasteiger partial charge in [0.15, 0.2) is 0 Å². The molecule has 2 rings (SSSR count). The summed E-state index contributed by atoms with van der Waals surface area (Å²) in [5.41, 5.74) is 0. The molecular formula is C17H29N3O4. The lowest BCUT2D eigenvalue weighted by Gasteiger charge is -2.41. The van der Waals surface area contributed by atoms with Gasteiger partial charge >= 0.3 is 5.97 Å². The molecule has 1 aliphatic heterocycles. The van der Waals surface area contributed by atoms with Gasteiger partial charge in [-0.15, -0.1) is 0 Å². The minimum absolute atomic E-state index is 0.00599. The summed E-state index contributed by atoms with van der Waals surface area (Å²) in [6, 6.07) is -0.422. The Hall–Kier alpha value is -1.63. The van der Waals surface area contributed by atoms with Crippen LogP contribution < -0.4 is 5.32 Å². The van der Waals surface area contributed by atoms with Crippen LogP contribution in [0, 0.1) is 5.92 Å². The fourth-order valence-corrected chi connectivity index (χ4v) is 3.23. The Morgan fingerprint density at radius 1 is 1.25 bits per heavy atom. The van der Waals surface area contributed by atoms with E-state index in [1.807, 2.05) is 11.8 Å². The molecule has 0 radical (unpaired) electrons. The molecule has 2 atom stereocenters. The van der Waals surface area contributed by atoms with Gasteiger partial charge in [-0.05, 0) is 26.7 Å². The second kappa shape index (κ2) is 8.46. The molecule has 1 heterocycles. The van der Waals surface area contributed by atoms with Crippen LogP contribution in [-0.4, -0.2) is 73.0 Å². The number of methoxy groups -OCH3 is 1. The van der Waals surface area contributed by atoms with Crippen molar-refractivity contribution in [1.29, 1.82) is 0 Å². The highest BCUT2D eigenvalue weighted by molar-refractivity contribution is 5.88. The van der Waals surface area contributed by atoms with Crippen LogP contribution in [-0.2, 0) is 19.1 Å². The Kier molecular flexibility index (Phi) is 6.60. The molecule has 24 heavy (non-hydrogen) atoms. The Labute approximate surface area is 143 Å². The van der Waals surface area contributed by atoms with E-state index in [0.717, 1.165) is 32.4 Å². The van der Waals surface area contributed by atoms with Gasteiger partial charge in [0, 0.05) is 38.1 Å². The molecule has 0 spiro atoms. The molecule has 1 saturated heterocycles. The van der Waals surface area contributed by atoms with Crippen molar-refractivity contribution in [2.75, 3.05) is 33.3 Å². The number of hydrogen-bond donors (Lipinski definition) is 1. The van der Waals surface area contributed by atoms with Gasteiger partial charge in [0.1, 0.15) is 6.04 Å². The van der Waals surface area contributed by atoms with Gasteiger partial charge in [0.2, 0.25) is 11.8 Å². The highest BCUT2D eigenvalue weighted by Crippen LogP contribution is 2.26. The number of esters is 1. The van der Waals surface area contributed by atoms with E-state index in [2.05, 4.69) is 15.0 Å². The zero-order valence-corrected chi connectivity index (χ0v) is 14.9. The maximum absolute atomic E-state index is 12.6. The highest BCUT2D eigenvalue weighted by Gasteiger charge is 2.32. The zero-order chi connectivity index (χ0) is 17.7. The van der Waals surface area contributed by atoms with Crippen LogP contribution in [0.1, 0.15) is 39.5 Å². The van der Waals surface area contributed by atoms with Crippen LogP contribution in [0.2, 0.25) is 0 Å². The van der Waals surface area contributed by atoms with E-state index in [0.29, 0.717) is 19.5 Å². The van der Waals surface area contributed by atoms with Crippen molar-refractivity contribution in [3.05, 3.63) is 0 Å². The van der Waals surface area contributed by atoms with Gasteiger partial charge in [0.05, 0.1) is 13.5 Å². The molecule has 2 aliphatic rings. The van der Waals surface area contributed by atoms with E-state index >= 15 is 0 Å². The van der Waals surface area contributed by atoms with Crippen molar-refractivity contribution < 1.29 is 19.1 Å². The van der Waals surface area contributed by atoms with Crippen molar-refractivity contribution in [2.45, 2.75) is 51.6 Å². The molecule has 7 heteroatoms. The summed E-state index contributed by atoms with van der Waals surface area (Å²) in [5, 5.41) is 2.85. The highest BCUT2D eigenvalue weighted by atomic mass is 16.5. The predicted molar refractivity (Wildman–Crippen MR) is 89.2 cm³/mol. The van der Waals surface area contributed by atoms with E-state index in [4.69, 9.17) is 0 Å². The fraction of sp³-hybridized carbons (Fsp3) is 0.824. The minimum atomic E-state index is -0.484. The number of carbonyl (C=O) groups is 3. The van der Waals surface area contributed by atoms with Crippen LogP contribution in [0.15, 0.2) is 0 Å². The molecule has 2 unspecified atom stereocenters. The lowest BCUT2D eigenvalue weighted by molar-refractivity contribution is -0.143. The average molecular weight is 339 g/mol. The number of nitrogens with one attached hydrogen (secondary N) is 1. The number of amides is 2. The van der Waals surface area contributed by atoms with Gasteiger partial charge in [-0.25, -0.2) is 0 Å². The molecular weight excluding hydrogens is 310 g/mol. The number of piperazine rings is 1. The number of nitrogens with zero attached hydrogens (tertiary/aromatic N) is 2. The van der Waals surface area contributed by atoms with Gasteiger partial charge in [-0.2, -0.15) is 0 Å². The maximum atomic E-state index is 12.6. The van der Waals surface area contributed by atoms with Crippen molar-refractivity contribution in [3.63, 3.8) is 0 Å². The molecule has 7 nitrogen and oxygen atoms in total. The molecule has 2 fully saturated rings. The topological polar surface area (TPSA) is 79.0 Å². The number of ether oxygens (including phenoxy) is 1. The van der Waals surface area contributed by atoms with Crippen LogP contribution >= 0.6 is 0 Å². The maximum Gasteiger partial charge on any atom is 0.306 e. The summed E-state index contributed by atoms with van der Waals surface area (Å²) in [6.45, 7) is 6.48. The third-order valence-electron chi connectivity index (χ3n) is 5.06. The standard InChI is InChI=1S/C17H29N3O4/c1-12-11-19(8-7-15(21)24-3)9-10-20(12)17(23)13(2)18-16(22)14-5-4-6-14/h12-14H,4-11H2,1-3H3,(H,18,22). The van der Waals surface area contributed by atoms with Crippen LogP contribution in [0.25, 0.3) is 0 Å². The third-order valence-corrected chi connectivity index (χ3v) is 5.06. The lowest BCUT2D eigenvalue weighted by Crippen LogP contribution is -2.58. The first-order valence-electron chi connectivity index (χ1n) is 8.82. The van der Waals surface area contributed by atoms with Crippen molar-refractivity contribution >= 4 is 17.8 Å². The third kappa shape index (κ3) is 4.69. The first-order chi connectivity index (χ1) is 11.4. The normalized spacial score (nSPS) is 23.3. The molecule has 2 amide bonds. The second-order valence-corrected chi connectivity index (χ2v) is 6.87. The molecule has 0 aromatic rings. The van der Waals surface area contributed by atoms with Gasteiger partial charge in [-0.3, -0.25) is 19.3 Å². The molecule has 0 bridgehead atoms. The zero-order valence-electron chi connectivity index (χ0n) is 14.9. The first kappa shape index (κ1) is 18.7. The molecule has 136 valence electrons. The average Bonchev–Trinajstić information content (AvgIpc) is 2.50. The van der Waals surface area contributed by atoms with Gasteiger partial charge in [-0.1, -0.05) is 6.42 Å². The van der Waals surface area contributed by atoms with E-state index in [1.54, 1.807) is 6.92 Å². The molecule has 1 saturated carbocycles. The fourth-order valence-electron chi connectivity index (χ4n) is 3.23. The number of carbonyl (C=O) groups excluding carboxylic acids is 3. The van der Waals surface area contributed by atoms with Crippen LogP contribution in [0.5, 0.6) is 0 Å². The predicted octanol–water partition coefficient (Wildman–Crippen LogP) is 0.387. The summed E-state index contributed by atoms with van der Waals surface area (Å²) in [5.74, 6) is -0.143. The largest absolute Gasteiger partial charge is 0.469 e. The van der Waals surface area contributed by atoms with Crippen molar-refractivity contribution in [2.24, 2.45) is 5.92 Å². The summed E-state index contributed by atoms with van der Waals surface area (Å²) in [6.07, 6.45) is 3.33. The molecule has 1 N–H and O–H groups in total. The summed E-state index contributed by atoms with van der Waals surface area (Å²) in [4.78, 5) is 39.8. The Morgan fingerprint density at radius 3 is 2.50 bits per heavy atom. The Bertz CT molecular complexity index is 478. The number of hydrogen-bond acceptors (Lipinski definition) is 5. The molecule has 1 aliphatic carbocycles. The first-order valence-corrected chi connectivity index (χ1v) is 8.82. The van der Waals surface area contributed by atoms with Crippen LogP contribution in [0.3, 0.4) is 0 Å². The van der Waals surface area contributed by atoms with Crippen molar-refractivity contribution in [3.8, 4) is 0 Å². The Morgan fingerprint density at radius 2 is 1.96 bits per heavy atom. The van der Waals surface area contributed by atoms with Crippen molar-refractivity contribution in [1.82, 2.24) is 15.1 Å². The quantitative estimate of drug-likeness (QED) is 0.708. The SMILES string of the molecule is COC(=O)CCN1CCN(C(=O)C(C)NC(=O)C2CCC2)C(C)C1. The summed E-state index contributed by atoms with van der Waals surface area (Å²) >= 11 is 0. The van der Waals surface area contributed by atoms with E-state index in [-0.39, 0.29) is 29.7 Å². The minimum Gasteiger partial charge on any atom is -0.469 e. The van der Waals surface area contributed by atoms with E-state index in [9.17, 15) is 14.4 Å². The van der Waals surface area contributed by atoms with Crippen LogP contribution in [0.4, 0.5) is 0 Å². The summed E-state index contributed by atoms with van der Waals surface area (Å²) < 4.78 is 4.66. The van der Waals surface area contributed by atoms with E-state index < -0.39 is 6.04 Å². The monoisotopic (exact) mass is 339 g/mol. The Balaban J connectivity index is 1.78. The van der Waals surface area contributed by atoms with Gasteiger partial charge in [0.25, 0.3) is 0 Å². The molecule has 0 aromatic heterocycles. The molecule has 0 aromatic carbocycles. The summed E-state index contributed by atoms with van der Waals surface area (Å²) in [7, 11) is 1.39. The van der Waals surface area contributed by atoms with Gasteiger partial charge < -0.3 is 15.0 Å². The second-order valence-electron chi connectivity index (χ2n) is 6.87. The van der Waals surface area contributed by atoms with E-state index in [1.165, 1.54) is 7.11 Å². The number of rotatable bonds is 6. The smallest absolute Gasteiger partial charge is 0.306 e. The lowest BCUT2D eigenvalue weighted by atomic mass is 9.84.